The molecule has 1 amide bonds. The summed E-state index contributed by atoms with van der Waals surface area (Å²) in [7, 11) is 0. The average Bonchev–Trinajstić information content (AvgIpc) is 2.77. The monoisotopic (exact) mass is 415 g/mol. The average molecular weight is 416 g/mol. The lowest BCUT2D eigenvalue weighted by Crippen LogP contribution is -2.59. The van der Waals surface area contributed by atoms with E-state index >= 15 is 0 Å². The van der Waals surface area contributed by atoms with Gasteiger partial charge in [-0.1, -0.05) is 66.7 Å². The molecular weight excluding hydrogens is 386 g/mol. The summed E-state index contributed by atoms with van der Waals surface area (Å²) in [4.78, 5) is 15.0. The quantitative estimate of drug-likeness (QED) is 0.598. The lowest BCUT2D eigenvalue weighted by molar-refractivity contribution is -0.0891. The molecule has 31 heavy (non-hydrogen) atoms. The molecule has 4 nitrogen and oxygen atoms in total. The molecule has 0 spiro atoms. The summed E-state index contributed by atoms with van der Waals surface area (Å²) in [6, 6.07) is 22.3. The second-order valence-electron chi connectivity index (χ2n) is 9.10. The van der Waals surface area contributed by atoms with E-state index in [0.717, 1.165) is 46.7 Å². The maximum Gasteiger partial charge on any atom is 0.410 e. The summed E-state index contributed by atoms with van der Waals surface area (Å²) >= 11 is 0. The number of aryl methyl sites for hydroxylation is 1. The van der Waals surface area contributed by atoms with Crippen molar-refractivity contribution in [1.29, 1.82) is 0 Å². The Morgan fingerprint density at radius 2 is 1.68 bits per heavy atom. The van der Waals surface area contributed by atoms with Crippen LogP contribution in [0.1, 0.15) is 48.8 Å². The molecule has 2 aliphatic heterocycles. The Bertz CT molecular complexity index is 1080. The number of benzene rings is 3. The minimum atomic E-state index is -0.934. The van der Waals surface area contributed by atoms with E-state index in [1.54, 1.807) is 0 Å². The molecule has 2 heterocycles. The summed E-state index contributed by atoms with van der Waals surface area (Å²) in [5.41, 5.74) is 2.19. The number of amides is 1. The molecule has 2 saturated heterocycles. The summed E-state index contributed by atoms with van der Waals surface area (Å²) in [5.74, 6) is 0. The number of carbonyl (C=O) groups is 1. The highest BCUT2D eigenvalue weighted by Gasteiger charge is 2.49. The molecule has 3 aromatic carbocycles. The number of hydrogen-bond donors (Lipinski definition) is 1. The normalized spacial score (nSPS) is 25.4. The van der Waals surface area contributed by atoms with Crippen molar-refractivity contribution in [1.82, 2.24) is 4.90 Å². The lowest BCUT2D eigenvalue weighted by Gasteiger charge is -2.51. The maximum atomic E-state index is 13.0. The van der Waals surface area contributed by atoms with Gasteiger partial charge in [-0.2, -0.15) is 0 Å². The Morgan fingerprint density at radius 1 is 1.00 bits per heavy atom. The van der Waals surface area contributed by atoms with Crippen LogP contribution in [0.15, 0.2) is 66.7 Å². The largest absolute Gasteiger partial charge is 0.445 e. The maximum absolute atomic E-state index is 13.0. The topological polar surface area (TPSA) is 49.8 Å². The van der Waals surface area contributed by atoms with E-state index in [2.05, 4.69) is 31.2 Å². The number of carbonyl (C=O) groups excluding carboxylic acids is 1. The van der Waals surface area contributed by atoms with E-state index in [1.807, 2.05) is 47.4 Å². The molecule has 0 aromatic heterocycles. The summed E-state index contributed by atoms with van der Waals surface area (Å²) in [6.07, 6.45) is 3.75. The summed E-state index contributed by atoms with van der Waals surface area (Å²) in [6.45, 7) is 2.36. The van der Waals surface area contributed by atoms with Gasteiger partial charge < -0.3 is 14.7 Å². The predicted octanol–water partition coefficient (Wildman–Crippen LogP) is 5.69. The van der Waals surface area contributed by atoms with Gasteiger partial charge in [-0.3, -0.25) is 0 Å². The minimum absolute atomic E-state index is 0.000795. The molecule has 0 radical (unpaired) electrons. The number of rotatable bonds is 3. The molecule has 1 N–H and O–H groups in total. The third-order valence-electron chi connectivity index (χ3n) is 7.03. The van der Waals surface area contributed by atoms with Gasteiger partial charge in [0.15, 0.2) is 0 Å². The molecule has 0 aliphatic carbocycles. The number of nitrogens with zero attached hydrogens (tertiary/aromatic N) is 1. The van der Waals surface area contributed by atoms with E-state index < -0.39 is 5.60 Å². The summed E-state index contributed by atoms with van der Waals surface area (Å²) < 4.78 is 5.68. The number of fused-ring (bicyclic) bond motifs is 3. The zero-order valence-corrected chi connectivity index (χ0v) is 18.0. The number of aliphatic hydroxyl groups is 1. The fraction of sp³-hybridized carbons (Fsp3) is 0.370. The first kappa shape index (κ1) is 20.1. The Hall–Kier alpha value is -2.85. The van der Waals surface area contributed by atoms with Crippen molar-refractivity contribution in [2.45, 2.75) is 63.3 Å². The SMILES string of the molecule is Cc1ccc2ccccc2c1C1(O)CC2CCCC(C1)N2C(=O)OCc1ccccc1. The smallest absolute Gasteiger partial charge is 0.410 e. The second kappa shape index (κ2) is 8.01. The van der Waals surface area contributed by atoms with Crippen LogP contribution in [-0.4, -0.2) is 28.2 Å². The van der Waals surface area contributed by atoms with Crippen LogP contribution < -0.4 is 0 Å². The first-order chi connectivity index (χ1) is 15.0. The molecule has 2 atom stereocenters. The van der Waals surface area contributed by atoms with Gasteiger partial charge in [-0.05, 0) is 53.6 Å². The first-order valence-electron chi connectivity index (χ1n) is 11.3. The van der Waals surface area contributed by atoms with E-state index in [1.165, 1.54) is 0 Å². The molecule has 5 rings (SSSR count). The number of hydrogen-bond acceptors (Lipinski definition) is 3. The van der Waals surface area contributed by atoms with Gasteiger partial charge in [0.1, 0.15) is 6.61 Å². The molecule has 160 valence electrons. The second-order valence-corrected chi connectivity index (χ2v) is 9.10. The van der Waals surface area contributed by atoms with Crippen molar-refractivity contribution in [3.8, 4) is 0 Å². The highest BCUT2D eigenvalue weighted by Crippen LogP contribution is 2.47. The van der Waals surface area contributed by atoms with Gasteiger partial charge in [-0.15, -0.1) is 0 Å². The van der Waals surface area contributed by atoms with Crippen LogP contribution in [0.25, 0.3) is 10.8 Å². The van der Waals surface area contributed by atoms with Crippen molar-refractivity contribution >= 4 is 16.9 Å². The highest BCUT2D eigenvalue weighted by molar-refractivity contribution is 5.87. The Balaban J connectivity index is 1.41. The van der Waals surface area contributed by atoms with Crippen molar-refractivity contribution in [3.05, 3.63) is 83.4 Å². The van der Waals surface area contributed by atoms with E-state index in [-0.39, 0.29) is 24.8 Å². The van der Waals surface area contributed by atoms with Crippen molar-refractivity contribution in [2.75, 3.05) is 0 Å². The molecule has 0 saturated carbocycles. The van der Waals surface area contributed by atoms with Gasteiger partial charge in [0, 0.05) is 24.9 Å². The fourth-order valence-corrected chi connectivity index (χ4v) is 5.72. The summed E-state index contributed by atoms with van der Waals surface area (Å²) in [5, 5.41) is 14.2. The Kier molecular flexibility index (Phi) is 5.19. The van der Waals surface area contributed by atoms with Gasteiger partial charge in [0.25, 0.3) is 0 Å². The van der Waals surface area contributed by atoms with Crippen LogP contribution >= 0.6 is 0 Å². The number of piperidine rings is 2. The highest BCUT2D eigenvalue weighted by atomic mass is 16.6. The predicted molar refractivity (Wildman–Crippen MR) is 122 cm³/mol. The van der Waals surface area contributed by atoms with Crippen molar-refractivity contribution in [2.24, 2.45) is 0 Å². The molecule has 2 aliphatic rings. The molecular formula is C27H29NO3. The van der Waals surface area contributed by atoms with Crippen LogP contribution in [-0.2, 0) is 16.9 Å². The van der Waals surface area contributed by atoms with Gasteiger partial charge in [0.05, 0.1) is 5.60 Å². The molecule has 2 bridgehead atoms. The van der Waals surface area contributed by atoms with Crippen LogP contribution in [0, 0.1) is 6.92 Å². The van der Waals surface area contributed by atoms with E-state index in [0.29, 0.717) is 12.8 Å². The number of ether oxygens (including phenoxy) is 1. The Morgan fingerprint density at radius 3 is 2.42 bits per heavy atom. The zero-order chi connectivity index (χ0) is 21.4. The van der Waals surface area contributed by atoms with Gasteiger partial charge in [0.2, 0.25) is 0 Å². The minimum Gasteiger partial charge on any atom is -0.445 e. The van der Waals surface area contributed by atoms with Crippen molar-refractivity contribution < 1.29 is 14.6 Å². The van der Waals surface area contributed by atoms with E-state index in [4.69, 9.17) is 4.74 Å². The van der Waals surface area contributed by atoms with E-state index in [9.17, 15) is 9.90 Å². The van der Waals surface area contributed by atoms with Crippen LogP contribution in [0.4, 0.5) is 4.79 Å². The van der Waals surface area contributed by atoms with Crippen LogP contribution in [0.5, 0.6) is 0 Å². The first-order valence-corrected chi connectivity index (χ1v) is 11.3. The molecule has 2 unspecified atom stereocenters. The van der Waals surface area contributed by atoms with Crippen LogP contribution in [0.2, 0.25) is 0 Å². The molecule has 2 fully saturated rings. The Labute approximate surface area is 183 Å². The fourth-order valence-electron chi connectivity index (χ4n) is 5.72. The van der Waals surface area contributed by atoms with Crippen molar-refractivity contribution in [3.63, 3.8) is 0 Å². The third kappa shape index (κ3) is 3.70. The van der Waals surface area contributed by atoms with Gasteiger partial charge in [-0.25, -0.2) is 4.79 Å². The molecule has 3 aromatic rings. The van der Waals surface area contributed by atoms with Crippen LogP contribution in [0.3, 0.4) is 0 Å². The molecule has 4 heteroatoms. The lowest BCUT2D eigenvalue weighted by atomic mass is 9.70. The van der Waals surface area contributed by atoms with Gasteiger partial charge >= 0.3 is 6.09 Å². The third-order valence-corrected chi connectivity index (χ3v) is 7.03. The zero-order valence-electron chi connectivity index (χ0n) is 18.0. The standard InChI is InChI=1S/C27H29NO3/c1-19-14-15-21-10-5-6-13-24(21)25(19)27(30)16-22-11-7-12-23(17-27)28(22)26(29)31-18-20-8-3-2-4-9-20/h2-6,8-10,13-15,22-23,30H,7,11-12,16-18H2,1H3.